The molecule has 2 heterocycles. The van der Waals surface area contributed by atoms with Crippen molar-refractivity contribution in [2.75, 3.05) is 0 Å². The SMILES string of the molecule is CC1CCc2ncc3c(=O)n(-c4ccc(Cl)cc4)[nH]c3c2C1.Cl. The highest BCUT2D eigenvalue weighted by molar-refractivity contribution is 6.30. The molecule has 1 aliphatic carbocycles. The summed E-state index contributed by atoms with van der Waals surface area (Å²) in [5.74, 6) is 0.627. The van der Waals surface area contributed by atoms with Crippen LogP contribution < -0.4 is 5.56 Å². The topological polar surface area (TPSA) is 50.7 Å². The van der Waals surface area contributed by atoms with Crippen molar-refractivity contribution >= 4 is 34.9 Å². The lowest BCUT2D eigenvalue weighted by Gasteiger charge is -2.20. The number of aromatic amines is 1. The third-order valence-electron chi connectivity index (χ3n) is 4.44. The van der Waals surface area contributed by atoms with Crippen molar-refractivity contribution in [3.05, 3.63) is 57.1 Å². The molecule has 0 bridgehead atoms. The van der Waals surface area contributed by atoms with Crippen LogP contribution in [-0.4, -0.2) is 14.8 Å². The number of hydrogen-bond donors (Lipinski definition) is 1. The first-order valence-corrected chi connectivity index (χ1v) is 7.88. The van der Waals surface area contributed by atoms with E-state index in [0.29, 0.717) is 16.3 Å². The number of benzene rings is 1. The molecular formula is C17H17Cl2N3O. The number of pyridine rings is 1. The van der Waals surface area contributed by atoms with Crippen LogP contribution in [0.4, 0.5) is 0 Å². The summed E-state index contributed by atoms with van der Waals surface area (Å²) in [5.41, 5.74) is 3.96. The Hall–Kier alpha value is -1.78. The third-order valence-corrected chi connectivity index (χ3v) is 4.69. The Labute approximate surface area is 144 Å². The molecule has 23 heavy (non-hydrogen) atoms. The Balaban J connectivity index is 0.00000156. The molecule has 0 saturated carbocycles. The van der Waals surface area contributed by atoms with Crippen LogP contribution in [0.1, 0.15) is 24.6 Å². The van der Waals surface area contributed by atoms with E-state index in [1.807, 2.05) is 12.1 Å². The first kappa shape index (κ1) is 16.1. The fourth-order valence-electron chi connectivity index (χ4n) is 3.21. The second-order valence-electron chi connectivity index (χ2n) is 6.05. The van der Waals surface area contributed by atoms with E-state index in [2.05, 4.69) is 17.0 Å². The van der Waals surface area contributed by atoms with Crippen molar-refractivity contribution in [3.63, 3.8) is 0 Å². The summed E-state index contributed by atoms with van der Waals surface area (Å²) in [6.45, 7) is 2.25. The highest BCUT2D eigenvalue weighted by Gasteiger charge is 2.21. The molecule has 1 unspecified atom stereocenters. The van der Waals surface area contributed by atoms with Crippen molar-refractivity contribution in [3.8, 4) is 5.69 Å². The summed E-state index contributed by atoms with van der Waals surface area (Å²) in [6.07, 6.45) is 4.82. The molecule has 0 spiro atoms. The first-order valence-electron chi connectivity index (χ1n) is 7.51. The van der Waals surface area contributed by atoms with Crippen LogP contribution in [0, 0.1) is 5.92 Å². The molecule has 1 atom stereocenters. The average molecular weight is 350 g/mol. The van der Waals surface area contributed by atoms with Gasteiger partial charge in [-0.3, -0.25) is 14.9 Å². The van der Waals surface area contributed by atoms with Crippen LogP contribution in [0.15, 0.2) is 35.3 Å². The van der Waals surface area contributed by atoms with E-state index in [-0.39, 0.29) is 18.0 Å². The maximum Gasteiger partial charge on any atom is 0.280 e. The van der Waals surface area contributed by atoms with E-state index in [0.717, 1.165) is 36.2 Å². The van der Waals surface area contributed by atoms with Gasteiger partial charge in [0.2, 0.25) is 0 Å². The maximum atomic E-state index is 12.6. The van der Waals surface area contributed by atoms with E-state index in [1.165, 1.54) is 5.56 Å². The number of aromatic nitrogens is 3. The molecule has 0 radical (unpaired) electrons. The Morgan fingerprint density at radius 1 is 1.30 bits per heavy atom. The van der Waals surface area contributed by atoms with Crippen molar-refractivity contribution in [1.29, 1.82) is 0 Å². The fourth-order valence-corrected chi connectivity index (χ4v) is 3.33. The van der Waals surface area contributed by atoms with Crippen molar-refractivity contribution < 1.29 is 0 Å². The van der Waals surface area contributed by atoms with Gasteiger partial charge in [0.25, 0.3) is 5.56 Å². The Morgan fingerprint density at radius 3 is 2.78 bits per heavy atom. The second-order valence-corrected chi connectivity index (χ2v) is 6.49. The summed E-state index contributed by atoms with van der Waals surface area (Å²) in [6, 6.07) is 7.23. The molecule has 4 rings (SSSR count). The molecule has 0 aliphatic heterocycles. The first-order chi connectivity index (χ1) is 10.6. The quantitative estimate of drug-likeness (QED) is 0.723. The van der Waals surface area contributed by atoms with Crippen LogP contribution >= 0.6 is 24.0 Å². The van der Waals surface area contributed by atoms with E-state index >= 15 is 0 Å². The van der Waals surface area contributed by atoms with Gasteiger partial charge in [-0.25, -0.2) is 4.68 Å². The minimum Gasteiger partial charge on any atom is -0.290 e. The largest absolute Gasteiger partial charge is 0.290 e. The monoisotopic (exact) mass is 349 g/mol. The summed E-state index contributed by atoms with van der Waals surface area (Å²) < 4.78 is 1.57. The smallest absolute Gasteiger partial charge is 0.280 e. The number of H-pyrrole nitrogens is 1. The molecule has 0 saturated heterocycles. The van der Waals surface area contributed by atoms with Gasteiger partial charge in [0.05, 0.1) is 16.6 Å². The molecule has 4 nitrogen and oxygen atoms in total. The van der Waals surface area contributed by atoms with E-state index < -0.39 is 0 Å². The summed E-state index contributed by atoms with van der Waals surface area (Å²) in [4.78, 5) is 17.1. The van der Waals surface area contributed by atoms with Gasteiger partial charge in [-0.15, -0.1) is 12.4 Å². The van der Waals surface area contributed by atoms with E-state index in [9.17, 15) is 4.79 Å². The van der Waals surface area contributed by atoms with Gasteiger partial charge in [0.15, 0.2) is 0 Å². The lowest BCUT2D eigenvalue weighted by atomic mass is 9.87. The molecular weight excluding hydrogens is 333 g/mol. The molecule has 0 fully saturated rings. The minimum absolute atomic E-state index is 0. The van der Waals surface area contributed by atoms with Gasteiger partial charge in [0.1, 0.15) is 0 Å². The Bertz CT molecular complexity index is 912. The molecule has 1 aromatic carbocycles. The lowest BCUT2D eigenvalue weighted by Crippen LogP contribution is -2.14. The Kier molecular flexibility index (Phi) is 4.21. The fraction of sp³-hybridized carbons (Fsp3) is 0.294. The highest BCUT2D eigenvalue weighted by atomic mass is 35.5. The predicted octanol–water partition coefficient (Wildman–Crippen LogP) is 3.91. The van der Waals surface area contributed by atoms with Crippen LogP contribution in [-0.2, 0) is 12.8 Å². The Morgan fingerprint density at radius 2 is 2.04 bits per heavy atom. The van der Waals surface area contributed by atoms with Gasteiger partial charge >= 0.3 is 0 Å². The standard InChI is InChI=1S/C17H16ClN3O.ClH/c1-10-2-7-15-13(8-10)16-14(9-19-15)17(22)21(20-16)12-5-3-11(18)4-6-12;/h3-6,9-10,20H,2,7-8H2,1H3;1H. The minimum atomic E-state index is -0.0640. The molecule has 0 amide bonds. The molecule has 2 aromatic heterocycles. The van der Waals surface area contributed by atoms with Crippen molar-refractivity contribution in [1.82, 2.24) is 14.8 Å². The zero-order valence-electron chi connectivity index (χ0n) is 12.7. The number of halogens is 2. The summed E-state index contributed by atoms with van der Waals surface area (Å²) in [5, 5.41) is 4.58. The van der Waals surface area contributed by atoms with Crippen LogP contribution in [0.5, 0.6) is 0 Å². The molecule has 6 heteroatoms. The summed E-state index contributed by atoms with van der Waals surface area (Å²) in [7, 11) is 0. The second kappa shape index (κ2) is 6.02. The van der Waals surface area contributed by atoms with Crippen molar-refractivity contribution in [2.45, 2.75) is 26.2 Å². The molecule has 3 aromatic rings. The van der Waals surface area contributed by atoms with E-state index in [4.69, 9.17) is 11.6 Å². The number of nitrogens with zero attached hydrogens (tertiary/aromatic N) is 2. The average Bonchev–Trinajstić information content (AvgIpc) is 2.86. The number of fused-ring (bicyclic) bond motifs is 3. The molecule has 1 N–H and O–H groups in total. The number of nitrogens with one attached hydrogen (secondary N) is 1. The molecule has 120 valence electrons. The van der Waals surface area contributed by atoms with Gasteiger partial charge < -0.3 is 0 Å². The number of hydrogen-bond acceptors (Lipinski definition) is 2. The van der Waals surface area contributed by atoms with Gasteiger partial charge in [-0.05, 0) is 55.0 Å². The van der Waals surface area contributed by atoms with Gasteiger partial charge in [0, 0.05) is 16.9 Å². The predicted molar refractivity (Wildman–Crippen MR) is 95.1 cm³/mol. The summed E-state index contributed by atoms with van der Waals surface area (Å²) >= 11 is 5.92. The molecule has 1 aliphatic rings. The van der Waals surface area contributed by atoms with Gasteiger partial charge in [-0.1, -0.05) is 18.5 Å². The number of aryl methyl sites for hydroxylation is 1. The van der Waals surface area contributed by atoms with E-state index in [1.54, 1.807) is 23.0 Å². The zero-order valence-corrected chi connectivity index (χ0v) is 14.2. The third kappa shape index (κ3) is 2.66. The van der Waals surface area contributed by atoms with Crippen molar-refractivity contribution in [2.24, 2.45) is 5.92 Å². The number of rotatable bonds is 1. The lowest BCUT2D eigenvalue weighted by molar-refractivity contribution is 0.496. The normalized spacial score (nSPS) is 16.9. The zero-order chi connectivity index (χ0) is 15.3. The van der Waals surface area contributed by atoms with Crippen LogP contribution in [0.25, 0.3) is 16.6 Å². The highest BCUT2D eigenvalue weighted by Crippen LogP contribution is 2.28. The van der Waals surface area contributed by atoms with Crippen LogP contribution in [0.2, 0.25) is 5.02 Å². The van der Waals surface area contributed by atoms with Gasteiger partial charge in [-0.2, -0.15) is 0 Å². The maximum absolute atomic E-state index is 12.6. The van der Waals surface area contributed by atoms with Crippen LogP contribution in [0.3, 0.4) is 0 Å².